The third kappa shape index (κ3) is 3.54. The molecule has 1 saturated carbocycles. The number of hydrogen-bond donors (Lipinski definition) is 1. The lowest BCUT2D eigenvalue weighted by Crippen LogP contribution is -2.29. The van der Waals surface area contributed by atoms with Crippen molar-refractivity contribution in [2.75, 3.05) is 19.0 Å². The molecule has 0 aliphatic heterocycles. The minimum absolute atomic E-state index is 0.280. The van der Waals surface area contributed by atoms with Gasteiger partial charge < -0.3 is 14.6 Å². The fourth-order valence-electron chi connectivity index (χ4n) is 3.47. The molecule has 2 rings (SSSR count). The van der Waals surface area contributed by atoms with Crippen molar-refractivity contribution in [3.05, 3.63) is 12.4 Å². The lowest BCUT2D eigenvalue weighted by atomic mass is 9.77. The summed E-state index contributed by atoms with van der Waals surface area (Å²) in [5.74, 6) is 2.48. The van der Waals surface area contributed by atoms with Crippen molar-refractivity contribution < 1.29 is 4.74 Å². The van der Waals surface area contributed by atoms with Gasteiger partial charge in [0.05, 0.1) is 6.61 Å². The first kappa shape index (κ1) is 15.4. The average molecular weight is 279 g/mol. The summed E-state index contributed by atoms with van der Waals surface area (Å²) in [4.78, 5) is 4.50. The Labute approximate surface area is 122 Å². The fraction of sp³-hybridized carbons (Fsp3) is 0.812. The Morgan fingerprint density at radius 3 is 2.80 bits per heavy atom. The van der Waals surface area contributed by atoms with E-state index in [-0.39, 0.29) is 6.04 Å². The van der Waals surface area contributed by atoms with Crippen LogP contribution in [0.2, 0.25) is 0 Å². The summed E-state index contributed by atoms with van der Waals surface area (Å²) in [6.45, 7) is 7.52. The summed E-state index contributed by atoms with van der Waals surface area (Å²) in [5.41, 5.74) is 0. The summed E-state index contributed by atoms with van der Waals surface area (Å²) in [6, 6.07) is 0.866. The molecule has 3 atom stereocenters. The first-order valence-electron chi connectivity index (χ1n) is 7.91. The second kappa shape index (κ2) is 7.11. The van der Waals surface area contributed by atoms with E-state index in [0.29, 0.717) is 12.6 Å². The van der Waals surface area contributed by atoms with Crippen LogP contribution >= 0.6 is 0 Å². The van der Waals surface area contributed by atoms with E-state index in [0.717, 1.165) is 17.8 Å². The Hall–Kier alpha value is -1.03. The average Bonchev–Trinajstić information content (AvgIpc) is 2.86. The van der Waals surface area contributed by atoms with Gasteiger partial charge in [0.15, 0.2) is 0 Å². The van der Waals surface area contributed by atoms with Gasteiger partial charge in [0, 0.05) is 31.6 Å². The molecule has 0 bridgehead atoms. The highest BCUT2D eigenvalue weighted by molar-refractivity contribution is 5.28. The molecule has 0 aromatic carbocycles. The second-order valence-electron chi connectivity index (χ2n) is 6.42. The van der Waals surface area contributed by atoms with E-state index >= 15 is 0 Å². The van der Waals surface area contributed by atoms with Crippen LogP contribution in [0.15, 0.2) is 12.4 Å². The van der Waals surface area contributed by atoms with Crippen LogP contribution in [0.3, 0.4) is 0 Å². The highest BCUT2D eigenvalue weighted by Gasteiger charge is 2.30. The minimum atomic E-state index is 0.280. The predicted octanol–water partition coefficient (Wildman–Crippen LogP) is 3.72. The molecule has 114 valence electrons. The molecule has 20 heavy (non-hydrogen) atoms. The molecule has 1 N–H and O–H groups in total. The molecule has 1 aliphatic carbocycles. The van der Waals surface area contributed by atoms with Gasteiger partial charge in [0.2, 0.25) is 5.95 Å². The number of hydrogen-bond acceptors (Lipinski definition) is 3. The van der Waals surface area contributed by atoms with Crippen molar-refractivity contribution >= 4 is 5.95 Å². The van der Waals surface area contributed by atoms with E-state index in [9.17, 15) is 0 Å². The van der Waals surface area contributed by atoms with Crippen LogP contribution in [0.25, 0.3) is 0 Å². The molecule has 0 amide bonds. The second-order valence-corrected chi connectivity index (χ2v) is 6.42. The van der Waals surface area contributed by atoms with Crippen LogP contribution in [0.4, 0.5) is 5.95 Å². The molecule has 4 heteroatoms. The van der Waals surface area contributed by atoms with Gasteiger partial charge in [-0.1, -0.05) is 26.7 Å². The molecule has 3 unspecified atom stereocenters. The number of methoxy groups -OCH3 is 1. The number of imidazole rings is 1. The molecule has 1 aromatic rings. The van der Waals surface area contributed by atoms with Crippen LogP contribution in [-0.4, -0.2) is 29.3 Å². The van der Waals surface area contributed by atoms with E-state index in [2.05, 4.69) is 41.8 Å². The summed E-state index contributed by atoms with van der Waals surface area (Å²) < 4.78 is 7.55. The Kier molecular flexibility index (Phi) is 5.46. The normalized spacial score (nSPS) is 24.9. The van der Waals surface area contributed by atoms with Crippen molar-refractivity contribution in [3.8, 4) is 0 Å². The Morgan fingerprint density at radius 1 is 1.35 bits per heavy atom. The summed E-state index contributed by atoms with van der Waals surface area (Å²) in [5, 5.41) is 3.48. The molecule has 0 radical (unpaired) electrons. The number of nitrogens with zero attached hydrogens (tertiary/aromatic N) is 2. The Morgan fingerprint density at radius 2 is 2.10 bits per heavy atom. The predicted molar refractivity (Wildman–Crippen MR) is 83.0 cm³/mol. The van der Waals surface area contributed by atoms with Crippen molar-refractivity contribution in [2.24, 2.45) is 11.8 Å². The zero-order valence-electron chi connectivity index (χ0n) is 13.3. The van der Waals surface area contributed by atoms with Crippen LogP contribution < -0.4 is 5.32 Å². The van der Waals surface area contributed by atoms with Crippen LogP contribution in [0, 0.1) is 11.8 Å². The van der Waals surface area contributed by atoms with E-state index in [1.54, 1.807) is 7.11 Å². The molecular formula is C16H29N3O. The number of nitrogens with one attached hydrogen (secondary N) is 1. The van der Waals surface area contributed by atoms with Crippen LogP contribution in [-0.2, 0) is 4.74 Å². The van der Waals surface area contributed by atoms with Crippen molar-refractivity contribution in [2.45, 2.75) is 58.5 Å². The van der Waals surface area contributed by atoms with Crippen molar-refractivity contribution in [1.82, 2.24) is 9.55 Å². The highest BCUT2D eigenvalue weighted by Crippen LogP contribution is 2.39. The van der Waals surface area contributed by atoms with Gasteiger partial charge in [0.25, 0.3) is 0 Å². The first-order valence-corrected chi connectivity index (χ1v) is 7.91. The van der Waals surface area contributed by atoms with Crippen molar-refractivity contribution in [3.63, 3.8) is 0 Å². The van der Waals surface area contributed by atoms with E-state index in [1.165, 1.54) is 25.7 Å². The standard InChI is InChI=1S/C16H29N3O/c1-12(2)14-7-5-6-8-15(14)19-10-9-17-16(19)18-13(3)11-20-4/h9-10,12-15H,5-8,11H2,1-4H3,(H,17,18). The zero-order chi connectivity index (χ0) is 14.5. The number of rotatable bonds is 6. The molecule has 0 saturated heterocycles. The molecule has 1 heterocycles. The summed E-state index contributed by atoms with van der Waals surface area (Å²) in [6.07, 6.45) is 9.36. The number of anilines is 1. The zero-order valence-corrected chi connectivity index (χ0v) is 13.3. The lowest BCUT2D eigenvalue weighted by molar-refractivity contribution is 0.181. The van der Waals surface area contributed by atoms with Gasteiger partial charge in [0.1, 0.15) is 0 Å². The highest BCUT2D eigenvalue weighted by atomic mass is 16.5. The molecule has 1 aromatic heterocycles. The number of ether oxygens (including phenoxy) is 1. The van der Waals surface area contributed by atoms with E-state index in [1.807, 2.05) is 6.20 Å². The van der Waals surface area contributed by atoms with Gasteiger partial charge >= 0.3 is 0 Å². The number of aromatic nitrogens is 2. The third-order valence-corrected chi connectivity index (χ3v) is 4.46. The Bertz CT molecular complexity index is 402. The molecule has 4 nitrogen and oxygen atoms in total. The van der Waals surface area contributed by atoms with Gasteiger partial charge in [-0.15, -0.1) is 0 Å². The minimum Gasteiger partial charge on any atom is -0.383 e. The van der Waals surface area contributed by atoms with Gasteiger partial charge in [-0.2, -0.15) is 0 Å². The van der Waals surface area contributed by atoms with Gasteiger partial charge in [-0.05, 0) is 31.6 Å². The van der Waals surface area contributed by atoms with Crippen molar-refractivity contribution in [1.29, 1.82) is 0 Å². The Balaban J connectivity index is 2.13. The lowest BCUT2D eigenvalue weighted by Gasteiger charge is -2.36. The molecule has 0 spiro atoms. The molecular weight excluding hydrogens is 250 g/mol. The summed E-state index contributed by atoms with van der Waals surface area (Å²) in [7, 11) is 1.74. The first-order chi connectivity index (χ1) is 9.63. The maximum atomic E-state index is 5.20. The third-order valence-electron chi connectivity index (χ3n) is 4.46. The monoisotopic (exact) mass is 279 g/mol. The van der Waals surface area contributed by atoms with Crippen LogP contribution in [0.5, 0.6) is 0 Å². The largest absolute Gasteiger partial charge is 0.383 e. The topological polar surface area (TPSA) is 39.1 Å². The smallest absolute Gasteiger partial charge is 0.203 e. The van der Waals surface area contributed by atoms with Gasteiger partial charge in [-0.3, -0.25) is 0 Å². The summed E-state index contributed by atoms with van der Waals surface area (Å²) >= 11 is 0. The fourth-order valence-corrected chi connectivity index (χ4v) is 3.47. The quantitative estimate of drug-likeness (QED) is 0.862. The van der Waals surface area contributed by atoms with E-state index in [4.69, 9.17) is 4.74 Å². The van der Waals surface area contributed by atoms with Crippen LogP contribution in [0.1, 0.15) is 52.5 Å². The maximum Gasteiger partial charge on any atom is 0.203 e. The SMILES string of the molecule is COCC(C)Nc1nccn1C1CCCCC1C(C)C. The van der Waals surface area contributed by atoms with E-state index < -0.39 is 0 Å². The molecule has 1 aliphatic rings. The van der Waals surface area contributed by atoms with Gasteiger partial charge in [-0.25, -0.2) is 4.98 Å². The maximum absolute atomic E-state index is 5.20. The molecule has 1 fully saturated rings.